The maximum Gasteiger partial charge on any atom is 0.0726 e. The number of aryl methyl sites for hydroxylation is 1. The lowest BCUT2D eigenvalue weighted by Crippen LogP contribution is -2.18. The van der Waals surface area contributed by atoms with Crippen molar-refractivity contribution in [3.05, 3.63) is 52.3 Å². The van der Waals surface area contributed by atoms with Crippen LogP contribution >= 0.6 is 11.6 Å². The van der Waals surface area contributed by atoms with Crippen molar-refractivity contribution < 1.29 is 0 Å². The summed E-state index contributed by atoms with van der Waals surface area (Å²) in [6.45, 7) is 4.86. The summed E-state index contributed by atoms with van der Waals surface area (Å²) in [5, 5.41) is 4.99. The van der Waals surface area contributed by atoms with E-state index in [2.05, 4.69) is 5.10 Å². The van der Waals surface area contributed by atoms with E-state index in [9.17, 15) is 0 Å². The molecule has 0 radical (unpaired) electrons. The van der Waals surface area contributed by atoms with Gasteiger partial charge in [0.25, 0.3) is 0 Å². The normalized spacial score (nSPS) is 12.7. The zero-order valence-electron chi connectivity index (χ0n) is 10.0. The van der Waals surface area contributed by atoms with Gasteiger partial charge in [-0.1, -0.05) is 23.7 Å². The first-order valence-corrected chi connectivity index (χ1v) is 6.05. The quantitative estimate of drug-likeness (QED) is 0.909. The molecule has 0 spiro atoms. The second-order valence-electron chi connectivity index (χ2n) is 4.00. The highest BCUT2D eigenvalue weighted by Gasteiger charge is 2.16. The van der Waals surface area contributed by atoms with Gasteiger partial charge in [0.1, 0.15) is 0 Å². The Labute approximate surface area is 106 Å². The second-order valence-corrected chi connectivity index (χ2v) is 4.41. The molecule has 0 bridgehead atoms. The Morgan fingerprint density at radius 2 is 2.18 bits per heavy atom. The van der Waals surface area contributed by atoms with Gasteiger partial charge in [0.05, 0.1) is 11.7 Å². The predicted octanol–water partition coefficient (Wildman–Crippen LogP) is 2.91. The van der Waals surface area contributed by atoms with E-state index in [1.165, 1.54) is 0 Å². The van der Waals surface area contributed by atoms with Crippen molar-refractivity contribution in [2.75, 3.05) is 0 Å². The van der Waals surface area contributed by atoms with E-state index in [-0.39, 0.29) is 6.04 Å². The zero-order chi connectivity index (χ0) is 12.4. The van der Waals surface area contributed by atoms with Crippen LogP contribution in [0.5, 0.6) is 0 Å². The van der Waals surface area contributed by atoms with Gasteiger partial charge in [-0.25, -0.2) is 0 Å². The van der Waals surface area contributed by atoms with Crippen LogP contribution < -0.4 is 5.73 Å². The molecule has 0 aliphatic heterocycles. The van der Waals surface area contributed by atoms with E-state index < -0.39 is 0 Å². The fourth-order valence-corrected chi connectivity index (χ4v) is 2.17. The molecule has 2 aromatic rings. The zero-order valence-corrected chi connectivity index (χ0v) is 10.8. The molecule has 17 heavy (non-hydrogen) atoms. The van der Waals surface area contributed by atoms with Crippen molar-refractivity contribution in [1.29, 1.82) is 0 Å². The lowest BCUT2D eigenvalue weighted by atomic mass is 9.99. The number of benzene rings is 1. The molecule has 1 aromatic heterocycles. The molecule has 0 aliphatic rings. The maximum absolute atomic E-state index is 6.29. The molecule has 3 nitrogen and oxygen atoms in total. The van der Waals surface area contributed by atoms with E-state index in [1.54, 1.807) is 6.20 Å². The van der Waals surface area contributed by atoms with Crippen LogP contribution in [-0.2, 0) is 6.54 Å². The molecule has 0 saturated heterocycles. The first kappa shape index (κ1) is 12.1. The Morgan fingerprint density at radius 3 is 2.88 bits per heavy atom. The van der Waals surface area contributed by atoms with Crippen molar-refractivity contribution >= 4 is 11.6 Å². The predicted molar refractivity (Wildman–Crippen MR) is 70.1 cm³/mol. The highest BCUT2D eigenvalue weighted by molar-refractivity contribution is 6.31. The Morgan fingerprint density at radius 1 is 1.41 bits per heavy atom. The highest BCUT2D eigenvalue weighted by atomic mass is 35.5. The van der Waals surface area contributed by atoms with Crippen LogP contribution in [0.2, 0.25) is 5.02 Å². The molecule has 1 unspecified atom stereocenters. The number of rotatable bonds is 3. The number of nitrogens with two attached hydrogens (primary N) is 1. The lowest BCUT2D eigenvalue weighted by molar-refractivity contribution is 0.600. The summed E-state index contributed by atoms with van der Waals surface area (Å²) in [5.74, 6) is 0. The van der Waals surface area contributed by atoms with Gasteiger partial charge >= 0.3 is 0 Å². The van der Waals surface area contributed by atoms with E-state index >= 15 is 0 Å². The van der Waals surface area contributed by atoms with Gasteiger partial charge in [0.2, 0.25) is 0 Å². The third-order valence-electron chi connectivity index (χ3n) is 3.01. The van der Waals surface area contributed by atoms with Crippen LogP contribution in [0.25, 0.3) is 0 Å². The van der Waals surface area contributed by atoms with Crippen LogP contribution in [0.3, 0.4) is 0 Å². The third kappa shape index (κ3) is 2.21. The minimum absolute atomic E-state index is 0.184. The number of hydrogen-bond acceptors (Lipinski definition) is 2. The smallest absolute Gasteiger partial charge is 0.0726 e. The van der Waals surface area contributed by atoms with Gasteiger partial charge in [-0.05, 0) is 37.1 Å². The molecule has 90 valence electrons. The van der Waals surface area contributed by atoms with Crippen LogP contribution in [0.4, 0.5) is 0 Å². The van der Waals surface area contributed by atoms with Gasteiger partial charge in [0, 0.05) is 17.8 Å². The molecule has 2 N–H and O–H groups in total. The van der Waals surface area contributed by atoms with Crippen LogP contribution in [0.15, 0.2) is 30.5 Å². The minimum Gasteiger partial charge on any atom is -0.319 e. The van der Waals surface area contributed by atoms with Crippen molar-refractivity contribution in [1.82, 2.24) is 9.78 Å². The average Bonchev–Trinajstić information content (AvgIpc) is 2.80. The van der Waals surface area contributed by atoms with E-state index in [0.717, 1.165) is 28.4 Å². The Hall–Kier alpha value is -1.32. The molecule has 4 heteroatoms. The fraction of sp³-hybridized carbons (Fsp3) is 0.308. The molecular weight excluding hydrogens is 234 g/mol. The Bertz CT molecular complexity index is 519. The van der Waals surface area contributed by atoms with Crippen LogP contribution in [-0.4, -0.2) is 9.78 Å². The van der Waals surface area contributed by atoms with Gasteiger partial charge < -0.3 is 5.73 Å². The first-order chi connectivity index (χ1) is 8.15. The molecule has 0 amide bonds. The van der Waals surface area contributed by atoms with Crippen LogP contribution in [0.1, 0.15) is 29.8 Å². The van der Waals surface area contributed by atoms with Crippen molar-refractivity contribution in [2.45, 2.75) is 26.4 Å². The van der Waals surface area contributed by atoms with Gasteiger partial charge in [-0.3, -0.25) is 4.68 Å². The monoisotopic (exact) mass is 249 g/mol. The molecular formula is C13H16ClN3. The average molecular weight is 250 g/mol. The van der Waals surface area contributed by atoms with Crippen LogP contribution in [0, 0.1) is 6.92 Å². The summed E-state index contributed by atoms with van der Waals surface area (Å²) < 4.78 is 1.91. The number of nitrogens with zero attached hydrogens (tertiary/aromatic N) is 2. The van der Waals surface area contributed by atoms with E-state index in [1.807, 2.05) is 42.8 Å². The standard InChI is InChI=1S/C13H16ClN3/c1-3-17-12(7-8-16-17)13(15)10-5-4-6-11(14)9(10)2/h4-8,13H,3,15H2,1-2H3. The van der Waals surface area contributed by atoms with Crippen molar-refractivity contribution in [3.8, 4) is 0 Å². The maximum atomic E-state index is 6.29. The molecule has 1 heterocycles. The second kappa shape index (κ2) is 4.90. The van der Waals surface area contributed by atoms with Gasteiger partial charge in [0.15, 0.2) is 0 Å². The number of halogens is 1. The highest BCUT2D eigenvalue weighted by Crippen LogP contribution is 2.26. The molecule has 0 aliphatic carbocycles. The summed E-state index contributed by atoms with van der Waals surface area (Å²) in [6, 6.07) is 7.59. The van der Waals surface area contributed by atoms with Gasteiger partial charge in [-0.15, -0.1) is 0 Å². The summed E-state index contributed by atoms with van der Waals surface area (Å²) in [6.07, 6.45) is 1.78. The summed E-state index contributed by atoms with van der Waals surface area (Å²) in [4.78, 5) is 0. The minimum atomic E-state index is -0.184. The summed E-state index contributed by atoms with van der Waals surface area (Å²) in [7, 11) is 0. The van der Waals surface area contributed by atoms with E-state index in [4.69, 9.17) is 17.3 Å². The van der Waals surface area contributed by atoms with E-state index in [0.29, 0.717) is 0 Å². The lowest BCUT2D eigenvalue weighted by Gasteiger charge is -2.16. The Balaban J connectivity index is 2.44. The SMILES string of the molecule is CCn1nccc1C(N)c1cccc(Cl)c1C. The van der Waals surface area contributed by atoms with Gasteiger partial charge in [-0.2, -0.15) is 5.10 Å². The number of aromatic nitrogens is 2. The summed E-state index contributed by atoms with van der Waals surface area (Å²) >= 11 is 6.11. The number of hydrogen-bond donors (Lipinski definition) is 1. The van der Waals surface area contributed by atoms with Crippen molar-refractivity contribution in [3.63, 3.8) is 0 Å². The van der Waals surface area contributed by atoms with Crippen molar-refractivity contribution in [2.24, 2.45) is 5.73 Å². The molecule has 1 aromatic carbocycles. The largest absolute Gasteiger partial charge is 0.319 e. The first-order valence-electron chi connectivity index (χ1n) is 5.67. The topological polar surface area (TPSA) is 43.8 Å². The summed E-state index contributed by atoms with van der Waals surface area (Å²) in [5.41, 5.74) is 9.38. The molecule has 2 rings (SSSR count). The fourth-order valence-electron chi connectivity index (χ4n) is 1.99. The Kier molecular flexibility index (Phi) is 3.50. The third-order valence-corrected chi connectivity index (χ3v) is 3.42. The molecule has 1 atom stereocenters. The molecule has 0 saturated carbocycles. The molecule has 0 fully saturated rings.